The first-order valence-corrected chi connectivity index (χ1v) is 7.85. The van der Waals surface area contributed by atoms with Gasteiger partial charge in [0.1, 0.15) is 5.01 Å². The van der Waals surface area contributed by atoms with Gasteiger partial charge in [0, 0.05) is 16.0 Å². The Morgan fingerprint density at radius 2 is 2.10 bits per heavy atom. The van der Waals surface area contributed by atoms with E-state index in [0.717, 1.165) is 26.9 Å². The molecule has 0 unspecified atom stereocenters. The molecule has 0 fully saturated rings. The first-order chi connectivity index (χ1) is 9.90. The number of hydrogen-bond acceptors (Lipinski definition) is 4. The van der Waals surface area contributed by atoms with Crippen LogP contribution in [0.5, 0.6) is 0 Å². The van der Waals surface area contributed by atoms with Crippen molar-refractivity contribution in [2.45, 2.75) is 32.8 Å². The number of halogens is 1. The Kier molecular flexibility index (Phi) is 3.51. The second-order valence-corrected chi connectivity index (χ2v) is 7.32. The van der Waals surface area contributed by atoms with Crippen LogP contribution < -0.4 is 0 Å². The predicted octanol–water partition coefficient (Wildman–Crippen LogP) is 3.90. The molecule has 0 atom stereocenters. The molecule has 0 saturated carbocycles. The van der Waals surface area contributed by atoms with Crippen LogP contribution in [0.25, 0.3) is 15.5 Å². The topological polar surface area (TPSA) is 50.4 Å². The fourth-order valence-electron chi connectivity index (χ4n) is 2.27. The zero-order chi connectivity index (χ0) is 15.2. The van der Waals surface area contributed by atoms with Crippen LogP contribution >= 0.6 is 22.9 Å². The number of benzene rings is 1. The Bertz CT molecular complexity index is 801. The summed E-state index contributed by atoms with van der Waals surface area (Å²) >= 11 is 7.52. The first-order valence-electron chi connectivity index (χ1n) is 6.66. The Labute approximate surface area is 132 Å². The molecule has 3 aromatic rings. The fraction of sp³-hybridized carbons (Fsp3) is 0.333. The van der Waals surface area contributed by atoms with Gasteiger partial charge in [-0.1, -0.05) is 55.8 Å². The molecule has 2 heterocycles. The van der Waals surface area contributed by atoms with E-state index in [4.69, 9.17) is 11.6 Å². The van der Waals surface area contributed by atoms with E-state index in [1.165, 1.54) is 11.3 Å². The summed E-state index contributed by atoms with van der Waals surface area (Å²) < 4.78 is 1.74. The highest BCUT2D eigenvalue weighted by molar-refractivity contribution is 7.19. The molecule has 1 N–H and O–H groups in total. The molecule has 110 valence electrons. The minimum atomic E-state index is -0.123. The van der Waals surface area contributed by atoms with E-state index >= 15 is 0 Å². The van der Waals surface area contributed by atoms with Gasteiger partial charge in [0.2, 0.25) is 4.96 Å². The monoisotopic (exact) mass is 321 g/mol. The van der Waals surface area contributed by atoms with Crippen molar-refractivity contribution in [3.05, 3.63) is 40.7 Å². The molecular formula is C15H16ClN3OS. The summed E-state index contributed by atoms with van der Waals surface area (Å²) in [5.41, 5.74) is 2.48. The highest BCUT2D eigenvalue weighted by Gasteiger charge is 2.25. The van der Waals surface area contributed by atoms with Crippen molar-refractivity contribution < 1.29 is 5.11 Å². The standard InChI is InChI=1S/C15H16ClN3OS/c1-15(2,3)12-11(8-20)19-14(17-12)21-13(18-19)9-5-4-6-10(16)7-9/h4-7,20H,8H2,1-3H3. The van der Waals surface area contributed by atoms with Gasteiger partial charge in [-0.15, -0.1) is 0 Å². The van der Waals surface area contributed by atoms with Crippen molar-refractivity contribution in [1.82, 2.24) is 14.6 Å². The molecule has 0 aliphatic heterocycles. The highest BCUT2D eigenvalue weighted by atomic mass is 35.5. The number of fused-ring (bicyclic) bond motifs is 1. The number of aliphatic hydroxyl groups is 1. The summed E-state index contributed by atoms with van der Waals surface area (Å²) in [6, 6.07) is 7.58. The molecule has 2 aromatic heterocycles. The molecule has 3 rings (SSSR count). The van der Waals surface area contributed by atoms with Gasteiger partial charge in [-0.3, -0.25) is 0 Å². The normalized spacial score (nSPS) is 12.2. The van der Waals surface area contributed by atoms with Crippen LogP contribution in [0.1, 0.15) is 32.2 Å². The van der Waals surface area contributed by atoms with Crippen molar-refractivity contribution in [2.24, 2.45) is 0 Å². The summed E-state index contributed by atoms with van der Waals surface area (Å²) in [5, 5.41) is 15.8. The molecular weight excluding hydrogens is 306 g/mol. The van der Waals surface area contributed by atoms with E-state index in [2.05, 4.69) is 30.9 Å². The quantitative estimate of drug-likeness (QED) is 0.778. The van der Waals surface area contributed by atoms with Gasteiger partial charge >= 0.3 is 0 Å². The Morgan fingerprint density at radius 3 is 2.71 bits per heavy atom. The third-order valence-corrected chi connectivity index (χ3v) is 4.42. The van der Waals surface area contributed by atoms with Crippen LogP contribution in [0.15, 0.2) is 24.3 Å². The van der Waals surface area contributed by atoms with Gasteiger partial charge in [0.15, 0.2) is 0 Å². The van der Waals surface area contributed by atoms with Gasteiger partial charge in [-0.05, 0) is 12.1 Å². The van der Waals surface area contributed by atoms with Crippen LogP contribution in [-0.4, -0.2) is 19.7 Å². The number of hydrogen-bond donors (Lipinski definition) is 1. The molecule has 21 heavy (non-hydrogen) atoms. The average molecular weight is 322 g/mol. The first kappa shape index (κ1) is 14.5. The van der Waals surface area contributed by atoms with Crippen LogP contribution in [0.3, 0.4) is 0 Å². The second kappa shape index (κ2) is 5.09. The third-order valence-electron chi connectivity index (χ3n) is 3.23. The van der Waals surface area contributed by atoms with Gasteiger partial charge in [-0.25, -0.2) is 9.50 Å². The molecule has 0 aliphatic rings. The maximum Gasteiger partial charge on any atom is 0.213 e. The summed E-state index contributed by atoms with van der Waals surface area (Å²) in [5.74, 6) is 0. The number of imidazole rings is 1. The van der Waals surface area contributed by atoms with Crippen molar-refractivity contribution in [3.8, 4) is 10.6 Å². The zero-order valence-corrected chi connectivity index (χ0v) is 13.7. The maximum atomic E-state index is 9.68. The van der Waals surface area contributed by atoms with Crippen LogP contribution in [0.4, 0.5) is 0 Å². The lowest BCUT2D eigenvalue weighted by atomic mass is 9.91. The fourth-order valence-corrected chi connectivity index (χ4v) is 3.38. The SMILES string of the molecule is CC(C)(C)c1nc2sc(-c3cccc(Cl)c3)nn2c1CO. The largest absolute Gasteiger partial charge is 0.390 e. The van der Waals surface area contributed by atoms with Crippen molar-refractivity contribution >= 4 is 27.9 Å². The molecule has 0 amide bonds. The lowest BCUT2D eigenvalue weighted by Gasteiger charge is -2.16. The average Bonchev–Trinajstić information content (AvgIpc) is 2.94. The van der Waals surface area contributed by atoms with Crippen LogP contribution in [-0.2, 0) is 12.0 Å². The van der Waals surface area contributed by atoms with Gasteiger partial charge in [0.25, 0.3) is 0 Å². The summed E-state index contributed by atoms with van der Waals surface area (Å²) in [7, 11) is 0. The maximum absolute atomic E-state index is 9.68. The van der Waals surface area contributed by atoms with E-state index < -0.39 is 0 Å². The van der Waals surface area contributed by atoms with E-state index in [1.807, 2.05) is 24.3 Å². The highest BCUT2D eigenvalue weighted by Crippen LogP contribution is 2.32. The lowest BCUT2D eigenvalue weighted by Crippen LogP contribution is -2.15. The Morgan fingerprint density at radius 1 is 1.33 bits per heavy atom. The van der Waals surface area contributed by atoms with E-state index in [1.54, 1.807) is 4.52 Å². The third kappa shape index (κ3) is 2.57. The molecule has 6 heteroatoms. The Balaban J connectivity index is 2.16. The number of rotatable bonds is 2. The Hall–Kier alpha value is -1.43. The van der Waals surface area contributed by atoms with Crippen molar-refractivity contribution in [3.63, 3.8) is 0 Å². The molecule has 0 aliphatic carbocycles. The van der Waals surface area contributed by atoms with Gasteiger partial charge < -0.3 is 5.11 Å². The molecule has 0 bridgehead atoms. The van der Waals surface area contributed by atoms with Gasteiger partial charge in [-0.2, -0.15) is 5.10 Å². The number of nitrogens with zero attached hydrogens (tertiary/aromatic N) is 3. The van der Waals surface area contributed by atoms with Crippen molar-refractivity contribution in [2.75, 3.05) is 0 Å². The van der Waals surface area contributed by atoms with E-state index in [0.29, 0.717) is 5.02 Å². The number of aromatic nitrogens is 3. The molecule has 0 saturated heterocycles. The van der Waals surface area contributed by atoms with E-state index in [9.17, 15) is 5.11 Å². The van der Waals surface area contributed by atoms with E-state index in [-0.39, 0.29) is 12.0 Å². The smallest absolute Gasteiger partial charge is 0.213 e. The molecule has 0 spiro atoms. The van der Waals surface area contributed by atoms with Gasteiger partial charge in [0.05, 0.1) is 18.0 Å². The predicted molar refractivity (Wildman–Crippen MR) is 85.9 cm³/mol. The lowest BCUT2D eigenvalue weighted by molar-refractivity contribution is 0.270. The minimum absolute atomic E-state index is 0.0769. The summed E-state index contributed by atoms with van der Waals surface area (Å²) in [4.78, 5) is 5.44. The summed E-state index contributed by atoms with van der Waals surface area (Å²) in [6.07, 6.45) is 0. The summed E-state index contributed by atoms with van der Waals surface area (Å²) in [6.45, 7) is 6.16. The number of aliphatic hydroxyl groups excluding tert-OH is 1. The van der Waals surface area contributed by atoms with Crippen molar-refractivity contribution in [1.29, 1.82) is 0 Å². The van der Waals surface area contributed by atoms with Crippen LogP contribution in [0.2, 0.25) is 5.02 Å². The minimum Gasteiger partial charge on any atom is -0.390 e. The van der Waals surface area contributed by atoms with Crippen LogP contribution in [0, 0.1) is 0 Å². The molecule has 1 aromatic carbocycles. The molecule has 0 radical (unpaired) electrons. The zero-order valence-electron chi connectivity index (χ0n) is 12.1. The second-order valence-electron chi connectivity index (χ2n) is 5.93. The molecule has 4 nitrogen and oxygen atoms in total.